The van der Waals surface area contributed by atoms with Crippen molar-refractivity contribution in [2.45, 2.75) is 27.7 Å². The topological polar surface area (TPSA) is 37.3 Å². The molecule has 0 aliphatic carbocycles. The molecule has 88 valence electrons. The first-order valence-corrected chi connectivity index (χ1v) is 5.75. The third-order valence-corrected chi connectivity index (χ3v) is 1.71. The van der Waals surface area contributed by atoms with Gasteiger partial charge in [0.05, 0.1) is 5.39 Å². The molecular weight excluding hydrogens is 198 g/mol. The van der Waals surface area contributed by atoms with Crippen LogP contribution in [0.25, 0.3) is 11.0 Å². The second-order valence-electron chi connectivity index (χ2n) is 3.06. The van der Waals surface area contributed by atoms with Crippen LogP contribution in [0.1, 0.15) is 26.3 Å². The molecule has 0 unspecified atom stereocenters. The zero-order valence-corrected chi connectivity index (χ0v) is 10.7. The fourth-order valence-electron chi connectivity index (χ4n) is 1.16. The van der Waals surface area contributed by atoms with E-state index in [-0.39, 0.29) is 0 Å². The maximum Gasteiger partial charge on any atom is 0.359 e. The Bertz CT molecular complexity index is 399. The van der Waals surface area contributed by atoms with Crippen molar-refractivity contribution in [1.82, 2.24) is 0 Å². The molecule has 1 aromatic carbocycles. The molecule has 2 aromatic rings. The van der Waals surface area contributed by atoms with Crippen molar-refractivity contribution in [2.75, 3.05) is 6.54 Å². The Morgan fingerprint density at radius 3 is 2.44 bits per heavy atom. The lowest BCUT2D eigenvalue weighted by atomic mass is 10.2. The molecule has 1 aromatic heterocycles. The minimum absolute atomic E-state index is 0.750. The van der Waals surface area contributed by atoms with Crippen LogP contribution >= 0.6 is 0 Å². The Morgan fingerprint density at radius 1 is 1.19 bits per heavy atom. The van der Waals surface area contributed by atoms with Crippen LogP contribution in [0.3, 0.4) is 0 Å². The van der Waals surface area contributed by atoms with Gasteiger partial charge in [0.1, 0.15) is 0 Å². The number of aryl methyl sites for hydroxylation is 1. The summed E-state index contributed by atoms with van der Waals surface area (Å²) >= 11 is 0. The predicted molar refractivity (Wildman–Crippen MR) is 71.4 cm³/mol. The molecule has 1 heterocycles. The highest BCUT2D eigenvalue weighted by molar-refractivity contribution is 5.76. The van der Waals surface area contributed by atoms with Gasteiger partial charge in [-0.25, -0.2) is 4.42 Å². The molecule has 0 bridgehead atoms. The predicted octanol–water partition coefficient (Wildman–Crippen LogP) is 4.01. The maximum absolute atomic E-state index is 5.27. The summed E-state index contributed by atoms with van der Waals surface area (Å²) in [5, 5.41) is 1.16. The van der Waals surface area contributed by atoms with E-state index in [0.717, 1.165) is 17.5 Å². The molecule has 0 fully saturated rings. The number of fused-ring (bicyclic) bond motifs is 1. The van der Waals surface area contributed by atoms with Crippen molar-refractivity contribution in [3.8, 4) is 0 Å². The van der Waals surface area contributed by atoms with Gasteiger partial charge in [-0.1, -0.05) is 20.8 Å². The summed E-state index contributed by atoms with van der Waals surface area (Å²) in [5.74, 6) is 0. The van der Waals surface area contributed by atoms with Gasteiger partial charge in [0.15, 0.2) is 0 Å². The van der Waals surface area contributed by atoms with Crippen LogP contribution in [0.15, 0.2) is 41.0 Å². The summed E-state index contributed by atoms with van der Waals surface area (Å²) in [6.45, 7) is 8.73. The summed E-state index contributed by atoms with van der Waals surface area (Å²) in [4.78, 5) is 0. The van der Waals surface area contributed by atoms with E-state index in [0.29, 0.717) is 0 Å². The van der Waals surface area contributed by atoms with Gasteiger partial charge in [-0.2, -0.15) is 0 Å². The quantitative estimate of drug-likeness (QED) is 0.681. The molecule has 0 saturated carbocycles. The molecule has 2 heteroatoms. The fourth-order valence-corrected chi connectivity index (χ4v) is 1.16. The summed E-state index contributed by atoms with van der Waals surface area (Å²) in [5.41, 5.74) is 7.05. The van der Waals surface area contributed by atoms with E-state index < -0.39 is 0 Å². The largest absolute Gasteiger partial charge is 0.359 e. The van der Waals surface area contributed by atoms with Gasteiger partial charge >= 0.3 is 11.8 Å². The van der Waals surface area contributed by atoms with E-state index in [1.54, 1.807) is 6.26 Å². The highest BCUT2D eigenvalue weighted by Crippen LogP contribution is 2.14. The lowest BCUT2D eigenvalue weighted by Crippen LogP contribution is -1.87. The van der Waals surface area contributed by atoms with Crippen molar-refractivity contribution >= 4 is 11.0 Å². The zero-order chi connectivity index (χ0) is 12.4. The minimum atomic E-state index is 0.750. The molecule has 0 atom stereocenters. The summed E-state index contributed by atoms with van der Waals surface area (Å²) in [6, 6.07) is 10.1. The van der Waals surface area contributed by atoms with Crippen molar-refractivity contribution in [1.29, 1.82) is 0 Å². The molecule has 0 saturated heterocycles. The number of rotatable bonds is 0. The van der Waals surface area contributed by atoms with Crippen LogP contribution in [0.4, 0.5) is 0 Å². The molecule has 0 aliphatic heterocycles. The van der Waals surface area contributed by atoms with Crippen LogP contribution in [-0.4, -0.2) is 6.54 Å². The summed E-state index contributed by atoms with van der Waals surface area (Å²) in [7, 11) is 0. The second kappa shape index (κ2) is 8.86. The average Bonchev–Trinajstić information content (AvgIpc) is 2.32. The van der Waals surface area contributed by atoms with Crippen molar-refractivity contribution in [2.24, 2.45) is 5.73 Å². The Labute approximate surface area is 98.1 Å². The van der Waals surface area contributed by atoms with E-state index >= 15 is 0 Å². The molecule has 2 N–H and O–H groups in total. The lowest BCUT2D eigenvalue weighted by molar-refractivity contribution is 0.604. The third kappa shape index (κ3) is 4.89. The number of nitrogens with two attached hydrogens (primary N) is 1. The van der Waals surface area contributed by atoms with Gasteiger partial charge in [-0.15, -0.1) is 0 Å². The number of hydrogen-bond donors (Lipinski definition) is 1. The van der Waals surface area contributed by atoms with Crippen molar-refractivity contribution in [3.63, 3.8) is 0 Å². The Kier molecular flexibility index (Phi) is 8.08. The molecule has 0 radical (unpaired) electrons. The van der Waals surface area contributed by atoms with Crippen LogP contribution in [-0.2, 0) is 0 Å². The lowest BCUT2D eigenvalue weighted by Gasteiger charge is -1.88. The molecule has 0 spiro atoms. The van der Waals surface area contributed by atoms with Crippen LogP contribution < -0.4 is 5.73 Å². The number of hydrogen-bond acceptors (Lipinski definition) is 1. The van der Waals surface area contributed by atoms with E-state index in [1.165, 1.54) is 5.56 Å². The molecule has 16 heavy (non-hydrogen) atoms. The van der Waals surface area contributed by atoms with Gasteiger partial charge < -0.3 is 5.73 Å². The van der Waals surface area contributed by atoms with Gasteiger partial charge in [0.2, 0.25) is 0 Å². The first-order valence-electron chi connectivity index (χ1n) is 5.75. The smallest absolute Gasteiger partial charge is 0.331 e. The molecule has 0 aliphatic rings. The Hall–Kier alpha value is -1.41. The van der Waals surface area contributed by atoms with Crippen LogP contribution in [0.2, 0.25) is 0 Å². The Morgan fingerprint density at radius 2 is 1.81 bits per heavy atom. The minimum Gasteiger partial charge on any atom is -0.331 e. The van der Waals surface area contributed by atoms with Gasteiger partial charge in [-0.05, 0) is 37.2 Å². The average molecular weight is 220 g/mol. The first-order chi connectivity index (χ1) is 7.77. The SMILES string of the molecule is CC.CCN.Cc1ccc2[o+]cccc2c1. The van der Waals surface area contributed by atoms with E-state index in [4.69, 9.17) is 10.2 Å². The Balaban J connectivity index is 0.000000394. The normalized spacial score (nSPS) is 8.56. The highest BCUT2D eigenvalue weighted by Gasteiger charge is 2.01. The number of benzene rings is 1. The van der Waals surface area contributed by atoms with Gasteiger partial charge in [0, 0.05) is 12.1 Å². The molecule has 0 amide bonds. The summed E-state index contributed by atoms with van der Waals surface area (Å²) in [6.07, 6.45) is 1.69. The van der Waals surface area contributed by atoms with E-state index in [9.17, 15) is 0 Å². The van der Waals surface area contributed by atoms with Gasteiger partial charge in [-0.3, -0.25) is 0 Å². The third-order valence-electron chi connectivity index (χ3n) is 1.71. The zero-order valence-electron chi connectivity index (χ0n) is 10.7. The van der Waals surface area contributed by atoms with Crippen molar-refractivity contribution < 1.29 is 4.42 Å². The standard InChI is InChI=1S/C10H9O.C2H7N.C2H6/c1-8-4-5-10-9(7-8)3-2-6-11-10;1-2-3;1-2/h2-7H,1H3;2-3H2,1H3;1-2H3/q+1;;. The summed E-state index contributed by atoms with van der Waals surface area (Å²) < 4.78 is 5.27. The molecule has 2 rings (SSSR count). The van der Waals surface area contributed by atoms with E-state index in [1.807, 2.05) is 45.0 Å². The highest BCUT2D eigenvalue weighted by atomic mass is 16.3. The molecular formula is C14H22NO+. The fraction of sp³-hybridized carbons (Fsp3) is 0.357. The first kappa shape index (κ1) is 14.6. The van der Waals surface area contributed by atoms with Gasteiger partial charge in [0.25, 0.3) is 0 Å². The monoisotopic (exact) mass is 220 g/mol. The van der Waals surface area contributed by atoms with Crippen molar-refractivity contribution in [3.05, 3.63) is 42.2 Å². The van der Waals surface area contributed by atoms with Crippen LogP contribution in [0.5, 0.6) is 0 Å². The second-order valence-corrected chi connectivity index (χ2v) is 3.06. The van der Waals surface area contributed by atoms with Crippen LogP contribution in [0, 0.1) is 6.92 Å². The maximum atomic E-state index is 5.27. The molecule has 2 nitrogen and oxygen atoms in total. The van der Waals surface area contributed by atoms with E-state index in [2.05, 4.69) is 13.0 Å².